The van der Waals surface area contributed by atoms with Gasteiger partial charge in [-0.15, -0.1) is 0 Å². The van der Waals surface area contributed by atoms with Gasteiger partial charge in [-0.3, -0.25) is 4.79 Å². The molecule has 0 aliphatic carbocycles. The first-order chi connectivity index (χ1) is 5.80. The molecule has 0 aromatic carbocycles. The summed E-state index contributed by atoms with van der Waals surface area (Å²) >= 11 is 0. The Kier molecular flexibility index (Phi) is 3.38. The Morgan fingerprint density at radius 3 is 3.25 bits per heavy atom. The van der Waals surface area contributed by atoms with Crippen molar-refractivity contribution in [2.45, 2.75) is 12.8 Å². The number of nitrogens with zero attached hydrogens (tertiary/aromatic N) is 1. The van der Waals surface area contributed by atoms with Crippen molar-refractivity contribution in [3.63, 3.8) is 0 Å². The van der Waals surface area contributed by atoms with E-state index in [0.717, 1.165) is 19.4 Å². The maximum absolute atomic E-state index is 11.2. The molecule has 0 fully saturated rings. The Labute approximate surface area is 72.7 Å². The third-order valence-electron chi connectivity index (χ3n) is 1.71. The van der Waals surface area contributed by atoms with Crippen LogP contribution >= 0.6 is 0 Å². The number of hydrogen-bond donors (Lipinski definition) is 1. The minimum Gasteiger partial charge on any atom is -0.391 e. The highest BCUT2D eigenvalue weighted by molar-refractivity contribution is 5.87. The summed E-state index contributed by atoms with van der Waals surface area (Å²) < 4.78 is 0. The zero-order valence-electron chi connectivity index (χ0n) is 7.29. The molecule has 1 aliphatic rings. The first-order valence-electron chi connectivity index (χ1n) is 4.14. The molecule has 3 nitrogen and oxygen atoms in total. The summed E-state index contributed by atoms with van der Waals surface area (Å²) in [7, 11) is 1.75. The first-order valence-corrected chi connectivity index (χ1v) is 4.14. The van der Waals surface area contributed by atoms with Gasteiger partial charge in [-0.05, 0) is 12.8 Å². The van der Waals surface area contributed by atoms with E-state index in [1.54, 1.807) is 18.1 Å². The van der Waals surface area contributed by atoms with Gasteiger partial charge in [0.1, 0.15) is 0 Å². The van der Waals surface area contributed by atoms with Crippen LogP contribution in [0.4, 0.5) is 0 Å². The highest BCUT2D eigenvalue weighted by Gasteiger charge is 1.99. The Hall–Kier alpha value is -1.25. The average Bonchev–Trinajstić information content (AvgIpc) is 2.08. The van der Waals surface area contributed by atoms with Gasteiger partial charge in [-0.1, -0.05) is 6.08 Å². The summed E-state index contributed by atoms with van der Waals surface area (Å²) in [5.41, 5.74) is 0. The molecule has 1 amide bonds. The van der Waals surface area contributed by atoms with Crippen molar-refractivity contribution in [1.29, 1.82) is 0 Å². The molecule has 1 rings (SSSR count). The van der Waals surface area contributed by atoms with Gasteiger partial charge in [0.05, 0.1) is 0 Å². The lowest BCUT2D eigenvalue weighted by atomic mass is 10.3. The molecule has 0 unspecified atom stereocenters. The van der Waals surface area contributed by atoms with E-state index in [1.165, 1.54) is 6.08 Å². The molecule has 0 aromatic heterocycles. The van der Waals surface area contributed by atoms with Crippen molar-refractivity contribution in [3.05, 3.63) is 24.6 Å². The number of carbonyl (C=O) groups excluding carboxylic acids is 1. The molecule has 0 saturated carbocycles. The minimum absolute atomic E-state index is 0.000602. The van der Waals surface area contributed by atoms with Crippen LogP contribution in [0.2, 0.25) is 0 Å². The third-order valence-corrected chi connectivity index (χ3v) is 1.71. The molecule has 0 saturated heterocycles. The standard InChI is InChI=1S/C9H14N2O/c1-11-8-4-2-3-6-10-7-5-9(11)12/h4-5,7-8,10H,2-3,6H2,1H3/b7-5-,8-4-. The summed E-state index contributed by atoms with van der Waals surface area (Å²) in [5.74, 6) is 0.000602. The quantitative estimate of drug-likeness (QED) is 0.578. The highest BCUT2D eigenvalue weighted by Crippen LogP contribution is 1.95. The molecule has 0 aromatic rings. The van der Waals surface area contributed by atoms with Gasteiger partial charge in [0.25, 0.3) is 5.91 Å². The Balaban J connectivity index is 2.57. The Morgan fingerprint density at radius 2 is 2.42 bits per heavy atom. The highest BCUT2D eigenvalue weighted by atomic mass is 16.2. The monoisotopic (exact) mass is 166 g/mol. The number of hydrogen-bond acceptors (Lipinski definition) is 2. The first kappa shape index (κ1) is 8.84. The summed E-state index contributed by atoms with van der Waals surface area (Å²) in [6.45, 7) is 0.928. The molecular weight excluding hydrogens is 152 g/mol. The number of rotatable bonds is 0. The lowest BCUT2D eigenvalue weighted by Gasteiger charge is -2.10. The fraction of sp³-hybridized carbons (Fsp3) is 0.444. The zero-order chi connectivity index (χ0) is 8.81. The summed E-state index contributed by atoms with van der Waals surface area (Å²) in [5, 5.41) is 3.04. The van der Waals surface area contributed by atoms with Crippen molar-refractivity contribution < 1.29 is 4.79 Å². The number of carbonyl (C=O) groups is 1. The molecule has 3 heteroatoms. The molecule has 12 heavy (non-hydrogen) atoms. The van der Waals surface area contributed by atoms with Crippen molar-refractivity contribution >= 4 is 5.91 Å². The van der Waals surface area contributed by atoms with Gasteiger partial charge >= 0.3 is 0 Å². The van der Waals surface area contributed by atoms with E-state index in [1.807, 2.05) is 12.3 Å². The van der Waals surface area contributed by atoms with Gasteiger partial charge in [0.15, 0.2) is 0 Å². The summed E-state index contributed by atoms with van der Waals surface area (Å²) in [6.07, 6.45) is 9.19. The maximum Gasteiger partial charge on any atom is 0.251 e. The molecule has 0 bridgehead atoms. The lowest BCUT2D eigenvalue weighted by molar-refractivity contribution is -0.122. The molecule has 0 radical (unpaired) electrons. The zero-order valence-corrected chi connectivity index (χ0v) is 7.29. The van der Waals surface area contributed by atoms with Gasteiger partial charge in [0, 0.05) is 32.1 Å². The van der Waals surface area contributed by atoms with E-state index in [-0.39, 0.29) is 5.91 Å². The second-order valence-electron chi connectivity index (χ2n) is 2.76. The van der Waals surface area contributed by atoms with Crippen LogP contribution in [0.15, 0.2) is 24.6 Å². The van der Waals surface area contributed by atoms with E-state index >= 15 is 0 Å². The molecule has 0 atom stereocenters. The van der Waals surface area contributed by atoms with E-state index < -0.39 is 0 Å². The molecule has 0 spiro atoms. The summed E-state index contributed by atoms with van der Waals surface area (Å²) in [4.78, 5) is 12.8. The second kappa shape index (κ2) is 4.59. The van der Waals surface area contributed by atoms with E-state index in [9.17, 15) is 4.79 Å². The topological polar surface area (TPSA) is 32.3 Å². The predicted octanol–water partition coefficient (Wildman–Crippen LogP) is 0.856. The summed E-state index contributed by atoms with van der Waals surface area (Å²) in [6, 6.07) is 0. The SMILES string of the molecule is CN1/C=C\CCCN/C=C\C1=O. The van der Waals surface area contributed by atoms with E-state index in [0.29, 0.717) is 0 Å². The Morgan fingerprint density at radius 1 is 1.58 bits per heavy atom. The minimum atomic E-state index is 0.000602. The average molecular weight is 166 g/mol. The van der Waals surface area contributed by atoms with Crippen LogP contribution in [-0.2, 0) is 4.79 Å². The molecular formula is C9H14N2O. The molecule has 1 N–H and O–H groups in total. The fourth-order valence-corrected chi connectivity index (χ4v) is 0.959. The van der Waals surface area contributed by atoms with Crippen molar-refractivity contribution in [3.8, 4) is 0 Å². The fourth-order valence-electron chi connectivity index (χ4n) is 0.959. The van der Waals surface area contributed by atoms with E-state index in [2.05, 4.69) is 5.32 Å². The maximum atomic E-state index is 11.2. The van der Waals surface area contributed by atoms with Gasteiger partial charge in [0.2, 0.25) is 0 Å². The van der Waals surface area contributed by atoms with Crippen LogP contribution in [-0.4, -0.2) is 24.4 Å². The van der Waals surface area contributed by atoms with Crippen molar-refractivity contribution in [1.82, 2.24) is 10.2 Å². The second-order valence-corrected chi connectivity index (χ2v) is 2.76. The van der Waals surface area contributed by atoms with Crippen LogP contribution < -0.4 is 5.32 Å². The predicted molar refractivity (Wildman–Crippen MR) is 48.3 cm³/mol. The van der Waals surface area contributed by atoms with Crippen LogP contribution in [0, 0.1) is 0 Å². The lowest BCUT2D eigenvalue weighted by Crippen LogP contribution is -2.20. The van der Waals surface area contributed by atoms with Crippen LogP contribution in [0.25, 0.3) is 0 Å². The smallest absolute Gasteiger partial charge is 0.251 e. The number of allylic oxidation sites excluding steroid dienone is 1. The molecule has 66 valence electrons. The van der Waals surface area contributed by atoms with Crippen LogP contribution in [0.3, 0.4) is 0 Å². The van der Waals surface area contributed by atoms with E-state index in [4.69, 9.17) is 0 Å². The van der Waals surface area contributed by atoms with Crippen molar-refractivity contribution in [2.75, 3.05) is 13.6 Å². The van der Waals surface area contributed by atoms with Gasteiger partial charge < -0.3 is 10.2 Å². The van der Waals surface area contributed by atoms with Crippen LogP contribution in [0.1, 0.15) is 12.8 Å². The van der Waals surface area contributed by atoms with Crippen LogP contribution in [0.5, 0.6) is 0 Å². The molecule has 1 aliphatic heterocycles. The third kappa shape index (κ3) is 2.78. The van der Waals surface area contributed by atoms with Gasteiger partial charge in [-0.25, -0.2) is 0 Å². The van der Waals surface area contributed by atoms with Gasteiger partial charge in [-0.2, -0.15) is 0 Å². The normalized spacial score (nSPS) is 24.4. The number of amides is 1. The number of likely N-dealkylation sites (N-methyl/N-ethyl adjacent to an activating group) is 1. The Bertz CT molecular complexity index is 209. The van der Waals surface area contributed by atoms with Crippen molar-refractivity contribution in [2.24, 2.45) is 0 Å². The number of nitrogens with one attached hydrogen (secondary N) is 1. The largest absolute Gasteiger partial charge is 0.391 e. The molecule has 1 heterocycles.